The van der Waals surface area contributed by atoms with Crippen LogP contribution in [0, 0.1) is 13.8 Å². The quantitative estimate of drug-likeness (QED) is 0.500. The Labute approximate surface area is 156 Å². The summed E-state index contributed by atoms with van der Waals surface area (Å²) in [5.41, 5.74) is 4.77. The minimum atomic E-state index is -0.0523. The summed E-state index contributed by atoms with van der Waals surface area (Å²) in [6.45, 7) is 4.09. The summed E-state index contributed by atoms with van der Waals surface area (Å²) in [6.07, 6.45) is 1.86. The van der Waals surface area contributed by atoms with Crippen molar-refractivity contribution in [3.63, 3.8) is 0 Å². The Morgan fingerprint density at radius 1 is 1.28 bits per heavy atom. The first-order chi connectivity index (χ1) is 12.0. The van der Waals surface area contributed by atoms with Crippen molar-refractivity contribution in [2.45, 2.75) is 13.8 Å². The number of ether oxygens (including phenoxy) is 1. The lowest BCUT2D eigenvalue weighted by molar-refractivity contribution is 0.414. The second-order valence-electron chi connectivity index (χ2n) is 5.89. The van der Waals surface area contributed by atoms with Gasteiger partial charge in [0.1, 0.15) is 11.3 Å². The first-order valence-corrected chi connectivity index (χ1v) is 9.37. The highest BCUT2D eigenvalue weighted by Gasteiger charge is 2.16. The Balaban J connectivity index is 2.04. The molecule has 4 aromatic rings. The number of rotatable bonds is 2. The van der Waals surface area contributed by atoms with E-state index in [0.29, 0.717) is 9.49 Å². The second kappa shape index (κ2) is 5.97. The highest BCUT2D eigenvalue weighted by molar-refractivity contribution is 9.10. The second-order valence-corrected chi connectivity index (χ2v) is 7.69. The van der Waals surface area contributed by atoms with E-state index in [1.165, 1.54) is 11.3 Å². The van der Waals surface area contributed by atoms with E-state index >= 15 is 0 Å². The molecular formula is C19H15BrN2O2S. The largest absolute Gasteiger partial charge is 0.496 e. The number of aryl methyl sites for hydroxylation is 1. The van der Waals surface area contributed by atoms with Crippen molar-refractivity contribution >= 4 is 49.3 Å². The molecule has 2 aromatic heterocycles. The summed E-state index contributed by atoms with van der Waals surface area (Å²) in [5.74, 6) is 0.743. The Hall–Kier alpha value is -2.18. The predicted octanol–water partition coefficient (Wildman–Crippen LogP) is 3.84. The van der Waals surface area contributed by atoms with Crippen molar-refractivity contribution in [2.24, 2.45) is 0 Å². The van der Waals surface area contributed by atoms with Crippen molar-refractivity contribution < 1.29 is 4.74 Å². The molecule has 0 aliphatic heterocycles. The lowest BCUT2D eigenvalue weighted by Gasteiger charge is -2.03. The molecule has 0 saturated carbocycles. The molecule has 0 atom stereocenters. The number of hydrogen-bond donors (Lipinski definition) is 0. The molecule has 2 heterocycles. The van der Waals surface area contributed by atoms with Crippen molar-refractivity contribution in [1.29, 1.82) is 0 Å². The van der Waals surface area contributed by atoms with Gasteiger partial charge in [-0.15, -0.1) is 0 Å². The minimum absolute atomic E-state index is 0.0523. The molecule has 2 aromatic carbocycles. The average molecular weight is 415 g/mol. The third kappa shape index (κ3) is 2.48. The number of para-hydroxylation sites is 1. The van der Waals surface area contributed by atoms with Gasteiger partial charge in [-0.3, -0.25) is 4.79 Å². The number of methoxy groups -OCH3 is 1. The van der Waals surface area contributed by atoms with Crippen LogP contribution < -0.4 is 14.8 Å². The molecule has 4 rings (SSSR count). The maximum absolute atomic E-state index is 13.0. The molecule has 0 N–H and O–H groups in total. The molecule has 0 unspecified atom stereocenters. The average Bonchev–Trinajstić information content (AvgIpc) is 3.11. The zero-order valence-corrected chi connectivity index (χ0v) is 16.4. The van der Waals surface area contributed by atoms with E-state index in [1.54, 1.807) is 11.5 Å². The standard InChI is InChI=1S/C19H15BrN2O2S/c1-10-8-13-17(16(20)11(10)2)21-19-22(13)18(23)15(25-19)9-12-6-4-5-7-14(12)24-3/h4-9H,1-3H3/b15-9+. The summed E-state index contributed by atoms with van der Waals surface area (Å²) < 4.78 is 8.66. The van der Waals surface area contributed by atoms with Crippen LogP contribution in [0.2, 0.25) is 0 Å². The molecule has 0 spiro atoms. The van der Waals surface area contributed by atoms with Gasteiger partial charge in [0.05, 0.1) is 17.2 Å². The van der Waals surface area contributed by atoms with Gasteiger partial charge < -0.3 is 4.74 Å². The topological polar surface area (TPSA) is 43.6 Å². The van der Waals surface area contributed by atoms with Crippen LogP contribution >= 0.6 is 27.3 Å². The molecule has 25 heavy (non-hydrogen) atoms. The van der Waals surface area contributed by atoms with Crippen LogP contribution in [0.3, 0.4) is 0 Å². The first kappa shape index (κ1) is 16.3. The number of halogens is 1. The van der Waals surface area contributed by atoms with Crippen molar-refractivity contribution in [3.8, 4) is 5.75 Å². The summed E-state index contributed by atoms with van der Waals surface area (Å²) in [7, 11) is 1.63. The van der Waals surface area contributed by atoms with E-state index in [4.69, 9.17) is 4.74 Å². The number of fused-ring (bicyclic) bond motifs is 3. The summed E-state index contributed by atoms with van der Waals surface area (Å²) in [5, 5.41) is 0. The maximum Gasteiger partial charge on any atom is 0.274 e. The Morgan fingerprint density at radius 2 is 2.04 bits per heavy atom. The fraction of sp³-hybridized carbons (Fsp3) is 0.158. The number of benzene rings is 2. The number of thiazole rings is 1. The molecule has 126 valence electrons. The molecular weight excluding hydrogens is 400 g/mol. The Bertz CT molecular complexity index is 1240. The van der Waals surface area contributed by atoms with Gasteiger partial charge in [0.15, 0.2) is 4.96 Å². The van der Waals surface area contributed by atoms with Crippen LogP contribution in [-0.2, 0) is 0 Å². The molecule has 0 aliphatic carbocycles. The summed E-state index contributed by atoms with van der Waals surface area (Å²) >= 11 is 5.00. The highest BCUT2D eigenvalue weighted by Crippen LogP contribution is 2.30. The number of imidazole rings is 1. The number of aromatic nitrogens is 2. The Kier molecular flexibility index (Phi) is 3.89. The van der Waals surface area contributed by atoms with Gasteiger partial charge in [-0.25, -0.2) is 9.38 Å². The molecule has 0 fully saturated rings. The fourth-order valence-corrected chi connectivity index (χ4v) is 4.48. The molecule has 0 saturated heterocycles. The summed E-state index contributed by atoms with van der Waals surface area (Å²) in [4.78, 5) is 18.3. The minimum Gasteiger partial charge on any atom is -0.496 e. The number of nitrogens with zero attached hydrogens (tertiary/aromatic N) is 2. The third-order valence-corrected chi connectivity index (χ3v) is 6.34. The Morgan fingerprint density at radius 3 is 2.80 bits per heavy atom. The van der Waals surface area contributed by atoms with Crippen molar-refractivity contribution in [3.05, 3.63) is 66.4 Å². The van der Waals surface area contributed by atoms with Crippen LogP contribution in [0.5, 0.6) is 5.75 Å². The lowest BCUT2D eigenvalue weighted by Crippen LogP contribution is -2.22. The first-order valence-electron chi connectivity index (χ1n) is 7.76. The zero-order chi connectivity index (χ0) is 17.7. The monoisotopic (exact) mass is 414 g/mol. The van der Waals surface area contributed by atoms with Gasteiger partial charge >= 0.3 is 0 Å². The molecule has 0 amide bonds. The SMILES string of the molecule is COc1ccccc1/C=c1/sc2nc3c(Br)c(C)c(C)cc3n2c1=O. The summed E-state index contributed by atoms with van der Waals surface area (Å²) in [6, 6.07) is 9.68. The van der Waals surface area contributed by atoms with E-state index < -0.39 is 0 Å². The van der Waals surface area contributed by atoms with Gasteiger partial charge in [0.2, 0.25) is 0 Å². The lowest BCUT2D eigenvalue weighted by atomic mass is 10.1. The molecule has 0 radical (unpaired) electrons. The highest BCUT2D eigenvalue weighted by atomic mass is 79.9. The van der Waals surface area contributed by atoms with E-state index in [0.717, 1.165) is 37.9 Å². The maximum atomic E-state index is 13.0. The van der Waals surface area contributed by atoms with E-state index in [2.05, 4.69) is 20.9 Å². The van der Waals surface area contributed by atoms with E-state index in [-0.39, 0.29) is 5.56 Å². The molecule has 0 aliphatic rings. The van der Waals surface area contributed by atoms with Gasteiger partial charge in [-0.2, -0.15) is 0 Å². The van der Waals surface area contributed by atoms with Crippen LogP contribution in [0.15, 0.2) is 39.6 Å². The zero-order valence-electron chi connectivity index (χ0n) is 14.0. The van der Waals surface area contributed by atoms with Gasteiger partial charge in [0, 0.05) is 10.0 Å². The third-order valence-electron chi connectivity index (χ3n) is 4.40. The van der Waals surface area contributed by atoms with E-state index in [1.807, 2.05) is 50.3 Å². The van der Waals surface area contributed by atoms with Gasteiger partial charge in [0.25, 0.3) is 5.56 Å². The van der Waals surface area contributed by atoms with Crippen molar-refractivity contribution in [1.82, 2.24) is 9.38 Å². The molecule has 6 heteroatoms. The number of hydrogen-bond acceptors (Lipinski definition) is 4. The van der Waals surface area contributed by atoms with Crippen LogP contribution in [-0.4, -0.2) is 16.5 Å². The van der Waals surface area contributed by atoms with Crippen LogP contribution in [0.4, 0.5) is 0 Å². The van der Waals surface area contributed by atoms with Gasteiger partial charge in [-0.1, -0.05) is 29.5 Å². The van der Waals surface area contributed by atoms with Crippen LogP contribution in [0.1, 0.15) is 16.7 Å². The predicted molar refractivity (Wildman–Crippen MR) is 106 cm³/mol. The fourth-order valence-electron chi connectivity index (χ4n) is 2.91. The van der Waals surface area contributed by atoms with E-state index in [9.17, 15) is 4.79 Å². The van der Waals surface area contributed by atoms with Crippen molar-refractivity contribution in [2.75, 3.05) is 7.11 Å². The van der Waals surface area contributed by atoms with Gasteiger partial charge in [-0.05, 0) is 59.1 Å². The molecule has 0 bridgehead atoms. The smallest absolute Gasteiger partial charge is 0.274 e. The molecule has 4 nitrogen and oxygen atoms in total. The normalized spacial score (nSPS) is 12.4. The van der Waals surface area contributed by atoms with Crippen LogP contribution in [0.25, 0.3) is 22.1 Å².